The standard InChI is InChI=1S/C25H26N2O2/c1-28-23-15-14-20(17-24(23)29-2)18-25-26-21-12-6-7-13-22(21)27(25)16-8-11-19-9-4-3-5-10-19/h3-7,9-10,12-15,17H,8,11,16,18H2,1-2H3. The van der Waals surface area contributed by atoms with Gasteiger partial charge < -0.3 is 14.0 Å². The Kier molecular flexibility index (Phi) is 5.80. The number of aryl methyl sites for hydroxylation is 2. The van der Waals surface area contributed by atoms with E-state index in [9.17, 15) is 0 Å². The van der Waals surface area contributed by atoms with E-state index in [2.05, 4.69) is 59.2 Å². The molecule has 4 rings (SSSR count). The van der Waals surface area contributed by atoms with Crippen molar-refractivity contribution in [3.8, 4) is 11.5 Å². The molecule has 0 aliphatic heterocycles. The summed E-state index contributed by atoms with van der Waals surface area (Å²) in [6.45, 7) is 0.942. The number of benzene rings is 3. The van der Waals surface area contributed by atoms with E-state index in [1.165, 1.54) is 11.1 Å². The van der Waals surface area contributed by atoms with Gasteiger partial charge in [-0.2, -0.15) is 0 Å². The summed E-state index contributed by atoms with van der Waals surface area (Å²) < 4.78 is 13.2. The highest BCUT2D eigenvalue weighted by molar-refractivity contribution is 5.76. The number of nitrogens with zero attached hydrogens (tertiary/aromatic N) is 2. The number of fused-ring (bicyclic) bond motifs is 1. The quantitative estimate of drug-likeness (QED) is 0.413. The maximum atomic E-state index is 5.47. The van der Waals surface area contributed by atoms with E-state index in [1.54, 1.807) is 14.2 Å². The van der Waals surface area contributed by atoms with Gasteiger partial charge in [-0.15, -0.1) is 0 Å². The lowest BCUT2D eigenvalue weighted by molar-refractivity contribution is 0.354. The first-order valence-electron chi connectivity index (χ1n) is 9.97. The Morgan fingerprint density at radius 3 is 2.34 bits per heavy atom. The number of ether oxygens (including phenoxy) is 2. The second kappa shape index (κ2) is 8.82. The summed E-state index contributed by atoms with van der Waals surface area (Å²) in [5, 5.41) is 0. The number of aromatic nitrogens is 2. The minimum atomic E-state index is 0.743. The summed E-state index contributed by atoms with van der Waals surface area (Å²) in [6.07, 6.45) is 2.88. The minimum Gasteiger partial charge on any atom is -0.493 e. The average molecular weight is 386 g/mol. The van der Waals surface area contributed by atoms with Crippen molar-refractivity contribution in [2.24, 2.45) is 0 Å². The highest BCUT2D eigenvalue weighted by atomic mass is 16.5. The largest absolute Gasteiger partial charge is 0.493 e. The lowest BCUT2D eigenvalue weighted by Crippen LogP contribution is -2.06. The molecule has 148 valence electrons. The van der Waals surface area contributed by atoms with Crippen molar-refractivity contribution in [3.05, 3.63) is 89.7 Å². The molecule has 0 aliphatic carbocycles. The average Bonchev–Trinajstić information content (AvgIpc) is 3.11. The van der Waals surface area contributed by atoms with E-state index in [-0.39, 0.29) is 0 Å². The van der Waals surface area contributed by atoms with E-state index in [0.29, 0.717) is 0 Å². The fourth-order valence-electron chi connectivity index (χ4n) is 3.77. The van der Waals surface area contributed by atoms with Gasteiger partial charge in [-0.05, 0) is 48.2 Å². The lowest BCUT2D eigenvalue weighted by atomic mass is 10.1. The van der Waals surface area contributed by atoms with Crippen LogP contribution in [0.1, 0.15) is 23.4 Å². The van der Waals surface area contributed by atoms with Crippen LogP contribution in [0.15, 0.2) is 72.8 Å². The van der Waals surface area contributed by atoms with Gasteiger partial charge in [0.15, 0.2) is 11.5 Å². The van der Waals surface area contributed by atoms with E-state index in [4.69, 9.17) is 14.5 Å². The number of imidazole rings is 1. The van der Waals surface area contributed by atoms with Gasteiger partial charge in [0, 0.05) is 13.0 Å². The highest BCUT2D eigenvalue weighted by Crippen LogP contribution is 2.29. The summed E-state index contributed by atoms with van der Waals surface area (Å²) in [4.78, 5) is 4.92. The Hall–Kier alpha value is -3.27. The minimum absolute atomic E-state index is 0.743. The van der Waals surface area contributed by atoms with Crippen LogP contribution in [-0.4, -0.2) is 23.8 Å². The van der Waals surface area contributed by atoms with Gasteiger partial charge in [-0.3, -0.25) is 0 Å². The summed E-state index contributed by atoms with van der Waals surface area (Å²) in [6, 6.07) is 25.1. The maximum absolute atomic E-state index is 5.47. The van der Waals surface area contributed by atoms with Crippen LogP contribution in [0.3, 0.4) is 0 Å². The Morgan fingerprint density at radius 2 is 1.55 bits per heavy atom. The third-order valence-electron chi connectivity index (χ3n) is 5.23. The maximum Gasteiger partial charge on any atom is 0.161 e. The predicted octanol–water partition coefficient (Wildman–Crippen LogP) is 5.28. The van der Waals surface area contributed by atoms with Gasteiger partial charge >= 0.3 is 0 Å². The molecule has 0 aliphatic rings. The molecule has 4 heteroatoms. The van der Waals surface area contributed by atoms with Crippen LogP contribution >= 0.6 is 0 Å². The summed E-state index contributed by atoms with van der Waals surface area (Å²) in [7, 11) is 3.32. The van der Waals surface area contributed by atoms with Gasteiger partial charge in [-0.25, -0.2) is 4.98 Å². The molecule has 29 heavy (non-hydrogen) atoms. The van der Waals surface area contributed by atoms with Crippen molar-refractivity contribution in [1.29, 1.82) is 0 Å². The summed E-state index contributed by atoms with van der Waals surface area (Å²) >= 11 is 0. The number of hydrogen-bond acceptors (Lipinski definition) is 3. The van der Waals surface area contributed by atoms with Crippen molar-refractivity contribution in [1.82, 2.24) is 9.55 Å². The molecule has 0 N–H and O–H groups in total. The van der Waals surface area contributed by atoms with Gasteiger partial charge in [-0.1, -0.05) is 48.5 Å². The molecule has 0 bridgehead atoms. The molecular formula is C25H26N2O2. The SMILES string of the molecule is COc1ccc(Cc2nc3ccccc3n2CCCc2ccccc2)cc1OC. The van der Waals surface area contributed by atoms with Crippen LogP contribution in [0, 0.1) is 0 Å². The zero-order chi connectivity index (χ0) is 20.1. The van der Waals surface area contributed by atoms with Crippen LogP contribution in [0.2, 0.25) is 0 Å². The third kappa shape index (κ3) is 4.27. The first kappa shape index (κ1) is 19.1. The number of methoxy groups -OCH3 is 2. The van der Waals surface area contributed by atoms with Crippen LogP contribution in [0.25, 0.3) is 11.0 Å². The van der Waals surface area contributed by atoms with Crippen LogP contribution in [-0.2, 0) is 19.4 Å². The van der Waals surface area contributed by atoms with Crippen molar-refractivity contribution >= 4 is 11.0 Å². The van der Waals surface area contributed by atoms with Crippen LogP contribution in [0.4, 0.5) is 0 Å². The molecule has 0 unspecified atom stereocenters. The third-order valence-corrected chi connectivity index (χ3v) is 5.23. The second-order valence-electron chi connectivity index (χ2n) is 7.12. The topological polar surface area (TPSA) is 36.3 Å². The second-order valence-corrected chi connectivity index (χ2v) is 7.12. The molecule has 4 nitrogen and oxygen atoms in total. The van der Waals surface area contributed by atoms with Crippen LogP contribution in [0.5, 0.6) is 11.5 Å². The van der Waals surface area contributed by atoms with Crippen molar-refractivity contribution in [2.75, 3.05) is 14.2 Å². The molecule has 0 saturated heterocycles. The molecule has 3 aromatic carbocycles. The van der Waals surface area contributed by atoms with E-state index >= 15 is 0 Å². The van der Waals surface area contributed by atoms with E-state index in [0.717, 1.165) is 54.2 Å². The predicted molar refractivity (Wildman–Crippen MR) is 117 cm³/mol. The fraction of sp³-hybridized carbons (Fsp3) is 0.240. The molecule has 0 amide bonds. The van der Waals surface area contributed by atoms with Gasteiger partial charge in [0.25, 0.3) is 0 Å². The van der Waals surface area contributed by atoms with Gasteiger partial charge in [0.2, 0.25) is 0 Å². The summed E-state index contributed by atoms with van der Waals surface area (Å²) in [5.74, 6) is 2.57. The lowest BCUT2D eigenvalue weighted by Gasteiger charge is -2.12. The highest BCUT2D eigenvalue weighted by Gasteiger charge is 2.13. The molecular weight excluding hydrogens is 360 g/mol. The Morgan fingerprint density at radius 1 is 0.793 bits per heavy atom. The number of rotatable bonds is 8. The van der Waals surface area contributed by atoms with Gasteiger partial charge in [0.1, 0.15) is 5.82 Å². The molecule has 0 spiro atoms. The fourth-order valence-corrected chi connectivity index (χ4v) is 3.77. The number of para-hydroxylation sites is 2. The molecule has 4 aromatic rings. The summed E-state index contributed by atoms with van der Waals surface area (Å²) in [5.41, 5.74) is 4.76. The van der Waals surface area contributed by atoms with E-state index in [1.807, 2.05) is 18.2 Å². The van der Waals surface area contributed by atoms with Crippen molar-refractivity contribution in [2.45, 2.75) is 25.8 Å². The first-order chi connectivity index (χ1) is 14.3. The van der Waals surface area contributed by atoms with Crippen molar-refractivity contribution in [3.63, 3.8) is 0 Å². The normalized spacial score (nSPS) is 11.0. The molecule has 0 radical (unpaired) electrons. The van der Waals surface area contributed by atoms with Gasteiger partial charge in [0.05, 0.1) is 25.3 Å². The zero-order valence-electron chi connectivity index (χ0n) is 17.0. The Balaban J connectivity index is 1.59. The molecule has 1 heterocycles. The molecule has 1 aromatic heterocycles. The van der Waals surface area contributed by atoms with Crippen LogP contribution < -0.4 is 9.47 Å². The first-order valence-corrected chi connectivity index (χ1v) is 9.97. The smallest absolute Gasteiger partial charge is 0.161 e. The zero-order valence-corrected chi connectivity index (χ0v) is 17.0. The molecule has 0 saturated carbocycles. The monoisotopic (exact) mass is 386 g/mol. The Bertz CT molecular complexity index is 1090. The van der Waals surface area contributed by atoms with Crippen molar-refractivity contribution < 1.29 is 9.47 Å². The Labute approximate surface area is 171 Å². The van der Waals surface area contributed by atoms with E-state index < -0.39 is 0 Å². The molecule has 0 fully saturated rings. The number of hydrogen-bond donors (Lipinski definition) is 0. The molecule has 0 atom stereocenters.